The number of carboxylic acids is 1. The van der Waals surface area contributed by atoms with Gasteiger partial charge in [0, 0.05) is 24.2 Å². The van der Waals surface area contributed by atoms with Gasteiger partial charge in [0.25, 0.3) is 0 Å². The van der Waals surface area contributed by atoms with Crippen molar-refractivity contribution in [3.63, 3.8) is 0 Å². The maximum Gasteiger partial charge on any atom is 0.321 e. The number of aryl methyl sites for hydroxylation is 2. The van der Waals surface area contributed by atoms with Crippen molar-refractivity contribution in [1.29, 1.82) is 0 Å². The second kappa shape index (κ2) is 11.5. The molecule has 1 saturated heterocycles. The molecule has 7 nitrogen and oxygen atoms in total. The van der Waals surface area contributed by atoms with Crippen molar-refractivity contribution in [1.82, 2.24) is 20.0 Å². The summed E-state index contributed by atoms with van der Waals surface area (Å²) in [6.45, 7) is 12.1. The van der Waals surface area contributed by atoms with Gasteiger partial charge >= 0.3 is 5.97 Å². The fraction of sp³-hybridized carbons (Fsp3) is 0.688. The Morgan fingerprint density at radius 3 is 2.62 bits per heavy atom. The summed E-state index contributed by atoms with van der Waals surface area (Å²) in [6.07, 6.45) is 7.77. The van der Waals surface area contributed by atoms with Crippen molar-refractivity contribution in [3.8, 4) is 0 Å². The summed E-state index contributed by atoms with van der Waals surface area (Å²) in [4.78, 5) is 15.0. The lowest BCUT2D eigenvalue weighted by Gasteiger charge is -2.41. The van der Waals surface area contributed by atoms with Crippen molar-refractivity contribution in [2.24, 2.45) is 17.6 Å². The normalized spacial score (nSPS) is 26.6. The minimum absolute atomic E-state index is 0.0647. The number of aliphatic carboxylic acids is 1. The van der Waals surface area contributed by atoms with Gasteiger partial charge in [-0.25, -0.2) is 4.39 Å². The molecule has 1 saturated carbocycles. The topological polar surface area (TPSA) is 96.4 Å². The lowest BCUT2D eigenvalue weighted by molar-refractivity contribution is -0.141. The fourth-order valence-electron chi connectivity index (χ4n) is 8.01. The molecule has 40 heavy (non-hydrogen) atoms. The molecule has 220 valence electrons. The van der Waals surface area contributed by atoms with Crippen LogP contribution in [0.4, 0.5) is 4.39 Å². The third-order valence-electron chi connectivity index (χ3n) is 10.4. The Balaban J connectivity index is 1.33. The molecule has 0 bridgehead atoms. The molecule has 5 atom stereocenters. The number of rotatable bonds is 10. The highest BCUT2D eigenvalue weighted by Crippen LogP contribution is 2.49. The van der Waals surface area contributed by atoms with E-state index in [1.807, 2.05) is 19.9 Å². The number of halogens is 1. The number of carboxylic acid groups (broad SMARTS) is 1. The summed E-state index contributed by atoms with van der Waals surface area (Å²) in [5.74, 6) is -0.765. The molecule has 1 aliphatic heterocycles. The number of nitrogens with one attached hydrogen (secondary N) is 1. The van der Waals surface area contributed by atoms with Crippen LogP contribution in [0.15, 0.2) is 24.3 Å². The van der Waals surface area contributed by atoms with Crippen molar-refractivity contribution in [2.75, 3.05) is 19.6 Å². The summed E-state index contributed by atoms with van der Waals surface area (Å²) in [5, 5.41) is 18.4. The van der Waals surface area contributed by atoms with E-state index < -0.39 is 17.7 Å². The molecule has 0 radical (unpaired) electrons. The van der Waals surface area contributed by atoms with E-state index in [0.29, 0.717) is 12.8 Å². The van der Waals surface area contributed by atoms with Crippen LogP contribution >= 0.6 is 0 Å². The zero-order valence-electron chi connectivity index (χ0n) is 24.8. The van der Waals surface area contributed by atoms with Gasteiger partial charge in [0.05, 0.1) is 11.4 Å². The number of benzene rings is 1. The van der Waals surface area contributed by atoms with Crippen LogP contribution in [0.3, 0.4) is 0 Å². The summed E-state index contributed by atoms with van der Waals surface area (Å²) in [6, 6.07) is 6.19. The first-order valence-corrected chi connectivity index (χ1v) is 15.5. The van der Waals surface area contributed by atoms with Crippen LogP contribution in [0.5, 0.6) is 0 Å². The van der Waals surface area contributed by atoms with Crippen LogP contribution in [0, 0.1) is 17.7 Å². The van der Waals surface area contributed by atoms with Crippen LogP contribution in [0.2, 0.25) is 0 Å². The first-order valence-electron chi connectivity index (χ1n) is 15.5. The predicted octanol–water partition coefficient (Wildman–Crippen LogP) is 4.82. The summed E-state index contributed by atoms with van der Waals surface area (Å²) in [5.41, 5.74) is 11.1. The highest BCUT2D eigenvalue weighted by Gasteiger charge is 2.47. The third-order valence-corrected chi connectivity index (χ3v) is 10.4. The van der Waals surface area contributed by atoms with Crippen LogP contribution in [-0.4, -0.2) is 57.1 Å². The Bertz CT molecular complexity index is 1200. The Labute approximate surface area is 238 Å². The molecule has 1 aromatic carbocycles. The van der Waals surface area contributed by atoms with Gasteiger partial charge in [-0.1, -0.05) is 26.0 Å². The predicted molar refractivity (Wildman–Crippen MR) is 156 cm³/mol. The maximum absolute atomic E-state index is 14.3. The first-order chi connectivity index (χ1) is 19.1. The zero-order chi connectivity index (χ0) is 28.7. The van der Waals surface area contributed by atoms with Crippen molar-refractivity contribution < 1.29 is 14.3 Å². The molecule has 2 aliphatic carbocycles. The molecular weight excluding hydrogens is 505 g/mol. The second-order valence-corrected chi connectivity index (χ2v) is 12.9. The number of piperidine rings is 1. The molecule has 2 heterocycles. The highest BCUT2D eigenvalue weighted by molar-refractivity contribution is 5.74. The summed E-state index contributed by atoms with van der Waals surface area (Å²) in [7, 11) is 0. The molecule has 0 amide bonds. The van der Waals surface area contributed by atoms with Gasteiger partial charge in [-0.3, -0.25) is 14.8 Å². The van der Waals surface area contributed by atoms with Crippen LogP contribution in [0.25, 0.3) is 0 Å². The fourth-order valence-corrected chi connectivity index (χ4v) is 8.01. The standard InChI is InChI=1S/C32H48FN5O2/c1-5-27-25-11-12-32(29(25)38(7-3)36-27)13-15-37(16-14-32)20-23-17-22(28(30(39)40)35-31(4,34)6-2)19-26(23)21-9-8-10-24(33)18-21/h8-10,18,22-23,26,28,35H,5-7,11-17,19-20,34H2,1-4H3,(H,39,40)/t22-,23+,26+,28-,31?/m0/s1. The summed E-state index contributed by atoms with van der Waals surface area (Å²) >= 11 is 0. The van der Waals surface area contributed by atoms with E-state index in [-0.39, 0.29) is 29.0 Å². The number of hydrogen-bond donors (Lipinski definition) is 3. The van der Waals surface area contributed by atoms with Crippen LogP contribution in [-0.2, 0) is 29.6 Å². The Morgan fingerprint density at radius 1 is 1.25 bits per heavy atom. The van der Waals surface area contributed by atoms with Crippen molar-refractivity contribution in [3.05, 3.63) is 52.6 Å². The number of nitrogens with two attached hydrogens (primary N) is 1. The van der Waals surface area contributed by atoms with E-state index in [0.717, 1.165) is 63.8 Å². The van der Waals surface area contributed by atoms with E-state index in [1.54, 1.807) is 12.1 Å². The quantitative estimate of drug-likeness (QED) is 0.365. The second-order valence-electron chi connectivity index (χ2n) is 12.9. The smallest absolute Gasteiger partial charge is 0.321 e. The Hall–Kier alpha value is -2.29. The number of nitrogens with zero attached hydrogens (tertiary/aromatic N) is 3. The number of hydrogen-bond acceptors (Lipinski definition) is 5. The summed E-state index contributed by atoms with van der Waals surface area (Å²) < 4.78 is 16.6. The lowest BCUT2D eigenvalue weighted by atomic mass is 9.75. The molecule has 5 rings (SSSR count). The lowest BCUT2D eigenvalue weighted by Crippen LogP contribution is -2.58. The van der Waals surface area contributed by atoms with Gasteiger partial charge in [0.2, 0.25) is 0 Å². The molecule has 4 N–H and O–H groups in total. The van der Waals surface area contributed by atoms with Crippen LogP contribution < -0.4 is 11.1 Å². The van der Waals surface area contributed by atoms with E-state index in [2.05, 4.69) is 28.7 Å². The number of fused-ring (bicyclic) bond motifs is 2. The van der Waals surface area contributed by atoms with Crippen LogP contribution in [0.1, 0.15) is 94.7 Å². The first kappa shape index (κ1) is 29.2. The molecule has 2 fully saturated rings. The van der Waals surface area contributed by atoms with E-state index in [9.17, 15) is 14.3 Å². The molecular formula is C32H48FN5O2. The number of carbonyl (C=O) groups is 1. The molecule has 2 aromatic rings. The van der Waals surface area contributed by atoms with E-state index >= 15 is 0 Å². The van der Waals surface area contributed by atoms with Gasteiger partial charge in [-0.15, -0.1) is 0 Å². The average molecular weight is 554 g/mol. The number of likely N-dealkylation sites (tertiary alicyclic amines) is 1. The minimum atomic E-state index is -0.857. The largest absolute Gasteiger partial charge is 0.480 e. The monoisotopic (exact) mass is 553 g/mol. The molecule has 1 unspecified atom stereocenters. The Kier molecular flexibility index (Phi) is 8.42. The van der Waals surface area contributed by atoms with Gasteiger partial charge in [-0.05, 0) is 119 Å². The highest BCUT2D eigenvalue weighted by atomic mass is 19.1. The van der Waals surface area contributed by atoms with Gasteiger partial charge < -0.3 is 15.7 Å². The van der Waals surface area contributed by atoms with Gasteiger partial charge in [0.15, 0.2) is 0 Å². The molecule has 1 spiro atoms. The van der Waals surface area contributed by atoms with Crippen molar-refractivity contribution >= 4 is 5.97 Å². The minimum Gasteiger partial charge on any atom is -0.480 e. The van der Waals surface area contributed by atoms with E-state index in [4.69, 9.17) is 10.8 Å². The Morgan fingerprint density at radius 2 is 2.00 bits per heavy atom. The maximum atomic E-state index is 14.3. The molecule has 1 aromatic heterocycles. The SMILES string of the molecule is CCc1nn(CC)c2c1CCC21CCN(C[C@H]2C[C@H]([C@H](NC(C)(N)CC)C(=O)O)C[C@@H]2c2cccc(F)c2)CC1. The van der Waals surface area contributed by atoms with Gasteiger partial charge in [-0.2, -0.15) is 5.10 Å². The average Bonchev–Trinajstić information content (AvgIpc) is 3.62. The number of aromatic nitrogens is 2. The van der Waals surface area contributed by atoms with E-state index in [1.165, 1.54) is 29.4 Å². The zero-order valence-corrected chi connectivity index (χ0v) is 24.8. The van der Waals surface area contributed by atoms with Gasteiger partial charge in [0.1, 0.15) is 11.9 Å². The third kappa shape index (κ3) is 5.59. The molecule has 3 aliphatic rings. The molecule has 8 heteroatoms. The van der Waals surface area contributed by atoms with Crippen molar-refractivity contribution in [2.45, 2.75) is 109 Å².